The van der Waals surface area contributed by atoms with Crippen molar-refractivity contribution in [2.45, 2.75) is 12.8 Å². The molecule has 0 radical (unpaired) electrons. The van der Waals surface area contributed by atoms with Gasteiger partial charge in [-0.1, -0.05) is 0 Å². The maximum absolute atomic E-state index is 12.9. The molecule has 0 aliphatic rings. The van der Waals surface area contributed by atoms with Crippen LogP contribution >= 0.6 is 0 Å². The van der Waals surface area contributed by atoms with E-state index in [1.807, 2.05) is 0 Å². The SMILES string of the molecule is COc1cc(F)c(O)cc1CCCO. The predicted octanol–water partition coefficient (Wildman–Crippen LogP) is 1.46. The van der Waals surface area contributed by atoms with E-state index in [-0.39, 0.29) is 6.61 Å². The number of rotatable bonds is 4. The van der Waals surface area contributed by atoms with Gasteiger partial charge in [0.2, 0.25) is 0 Å². The number of aliphatic hydroxyl groups excluding tert-OH is 1. The van der Waals surface area contributed by atoms with Gasteiger partial charge in [-0.2, -0.15) is 0 Å². The Balaban J connectivity index is 2.95. The van der Waals surface area contributed by atoms with Crippen LogP contribution in [0.4, 0.5) is 4.39 Å². The van der Waals surface area contributed by atoms with Crippen LogP contribution in [0.1, 0.15) is 12.0 Å². The van der Waals surface area contributed by atoms with E-state index < -0.39 is 11.6 Å². The molecular weight excluding hydrogens is 187 g/mol. The number of aliphatic hydroxyl groups is 1. The van der Waals surface area contributed by atoms with Crippen LogP contribution in [0.25, 0.3) is 0 Å². The first kappa shape index (κ1) is 10.8. The number of aromatic hydroxyl groups is 1. The lowest BCUT2D eigenvalue weighted by Crippen LogP contribution is -1.95. The first-order chi connectivity index (χ1) is 6.69. The molecule has 0 atom stereocenters. The summed E-state index contributed by atoms with van der Waals surface area (Å²) < 4.78 is 17.8. The second-order valence-corrected chi connectivity index (χ2v) is 2.94. The molecule has 0 saturated carbocycles. The molecule has 1 aromatic rings. The van der Waals surface area contributed by atoms with E-state index in [4.69, 9.17) is 14.9 Å². The summed E-state index contributed by atoms with van der Waals surface area (Å²) in [7, 11) is 1.44. The topological polar surface area (TPSA) is 49.7 Å². The fourth-order valence-corrected chi connectivity index (χ4v) is 1.24. The molecule has 0 fully saturated rings. The van der Waals surface area contributed by atoms with E-state index in [0.29, 0.717) is 24.2 Å². The summed E-state index contributed by atoms with van der Waals surface area (Å²) in [5.74, 6) is -0.693. The van der Waals surface area contributed by atoms with Crippen LogP contribution in [-0.2, 0) is 6.42 Å². The first-order valence-corrected chi connectivity index (χ1v) is 4.35. The fraction of sp³-hybridized carbons (Fsp3) is 0.400. The van der Waals surface area contributed by atoms with Crippen molar-refractivity contribution in [3.05, 3.63) is 23.5 Å². The Labute approximate surface area is 81.8 Å². The molecule has 0 aromatic heterocycles. The molecule has 2 N–H and O–H groups in total. The summed E-state index contributed by atoms with van der Waals surface area (Å²) in [5, 5.41) is 17.8. The van der Waals surface area contributed by atoms with Crippen molar-refractivity contribution in [2.24, 2.45) is 0 Å². The van der Waals surface area contributed by atoms with Crippen LogP contribution in [0, 0.1) is 5.82 Å². The molecule has 4 heteroatoms. The van der Waals surface area contributed by atoms with E-state index in [0.717, 1.165) is 6.07 Å². The zero-order chi connectivity index (χ0) is 10.6. The zero-order valence-corrected chi connectivity index (χ0v) is 7.96. The average Bonchev–Trinajstić information content (AvgIpc) is 2.19. The highest BCUT2D eigenvalue weighted by Gasteiger charge is 2.08. The van der Waals surface area contributed by atoms with Gasteiger partial charge in [0.05, 0.1) is 7.11 Å². The van der Waals surface area contributed by atoms with Crippen molar-refractivity contribution in [1.82, 2.24) is 0 Å². The van der Waals surface area contributed by atoms with Gasteiger partial charge in [0.15, 0.2) is 11.6 Å². The molecule has 78 valence electrons. The smallest absolute Gasteiger partial charge is 0.168 e. The molecule has 0 bridgehead atoms. The molecule has 0 aliphatic carbocycles. The van der Waals surface area contributed by atoms with Gasteiger partial charge in [0.25, 0.3) is 0 Å². The van der Waals surface area contributed by atoms with E-state index in [1.165, 1.54) is 13.2 Å². The third-order valence-electron chi connectivity index (χ3n) is 1.95. The van der Waals surface area contributed by atoms with Crippen LogP contribution in [-0.4, -0.2) is 23.9 Å². The third-order valence-corrected chi connectivity index (χ3v) is 1.95. The second-order valence-electron chi connectivity index (χ2n) is 2.94. The summed E-state index contributed by atoms with van der Waals surface area (Å²) in [6.45, 7) is 0.0568. The second kappa shape index (κ2) is 4.81. The lowest BCUT2D eigenvalue weighted by atomic mass is 10.1. The highest BCUT2D eigenvalue weighted by molar-refractivity contribution is 5.40. The van der Waals surface area contributed by atoms with Crippen LogP contribution in [0.5, 0.6) is 11.5 Å². The molecular formula is C10H13FO3. The van der Waals surface area contributed by atoms with Crippen molar-refractivity contribution in [3.8, 4) is 11.5 Å². The Bertz CT molecular complexity index is 312. The van der Waals surface area contributed by atoms with E-state index >= 15 is 0 Å². The molecule has 0 saturated heterocycles. The maximum atomic E-state index is 12.9. The Morgan fingerprint density at radius 3 is 2.71 bits per heavy atom. The van der Waals surface area contributed by atoms with Crippen molar-refractivity contribution in [2.75, 3.05) is 13.7 Å². The minimum Gasteiger partial charge on any atom is -0.505 e. The third kappa shape index (κ3) is 2.35. The highest BCUT2D eigenvalue weighted by Crippen LogP contribution is 2.27. The van der Waals surface area contributed by atoms with E-state index in [9.17, 15) is 4.39 Å². The van der Waals surface area contributed by atoms with Gasteiger partial charge in [0.1, 0.15) is 5.75 Å². The quantitative estimate of drug-likeness (QED) is 0.773. The maximum Gasteiger partial charge on any atom is 0.168 e. The Kier molecular flexibility index (Phi) is 3.71. The van der Waals surface area contributed by atoms with Gasteiger partial charge in [0, 0.05) is 12.7 Å². The van der Waals surface area contributed by atoms with Crippen molar-refractivity contribution < 1.29 is 19.3 Å². The standard InChI is InChI=1S/C10H13FO3/c1-14-10-6-8(11)9(13)5-7(10)3-2-4-12/h5-6,12-13H,2-4H2,1H3. The van der Waals surface area contributed by atoms with Gasteiger partial charge in [-0.3, -0.25) is 0 Å². The van der Waals surface area contributed by atoms with Crippen LogP contribution < -0.4 is 4.74 Å². The largest absolute Gasteiger partial charge is 0.505 e. The molecule has 14 heavy (non-hydrogen) atoms. The number of methoxy groups -OCH3 is 1. The highest BCUT2D eigenvalue weighted by atomic mass is 19.1. The molecule has 0 aliphatic heterocycles. The minimum atomic E-state index is -0.699. The van der Waals surface area contributed by atoms with Gasteiger partial charge < -0.3 is 14.9 Å². The number of hydrogen-bond acceptors (Lipinski definition) is 3. The number of benzene rings is 1. The molecule has 3 nitrogen and oxygen atoms in total. The van der Waals surface area contributed by atoms with Gasteiger partial charge in [-0.15, -0.1) is 0 Å². The summed E-state index contributed by atoms with van der Waals surface area (Å²) in [6.07, 6.45) is 1.11. The number of aryl methyl sites for hydroxylation is 1. The first-order valence-electron chi connectivity index (χ1n) is 4.35. The van der Waals surface area contributed by atoms with Gasteiger partial charge in [-0.25, -0.2) is 4.39 Å². The molecule has 0 unspecified atom stereocenters. The van der Waals surface area contributed by atoms with Crippen molar-refractivity contribution in [1.29, 1.82) is 0 Å². The molecule has 1 rings (SSSR count). The van der Waals surface area contributed by atoms with Crippen LogP contribution in [0.3, 0.4) is 0 Å². The molecule has 0 heterocycles. The number of ether oxygens (including phenoxy) is 1. The molecule has 0 amide bonds. The summed E-state index contributed by atoms with van der Waals surface area (Å²) in [4.78, 5) is 0. The molecule has 1 aromatic carbocycles. The minimum absolute atomic E-state index is 0.0568. The average molecular weight is 200 g/mol. The summed E-state index contributed by atoms with van der Waals surface area (Å²) >= 11 is 0. The normalized spacial score (nSPS) is 10.2. The monoisotopic (exact) mass is 200 g/mol. The Morgan fingerprint density at radius 1 is 1.43 bits per heavy atom. The predicted molar refractivity (Wildman–Crippen MR) is 50.0 cm³/mol. The van der Waals surface area contributed by atoms with E-state index in [1.54, 1.807) is 0 Å². The van der Waals surface area contributed by atoms with Gasteiger partial charge in [-0.05, 0) is 24.5 Å². The van der Waals surface area contributed by atoms with Crippen LogP contribution in [0.2, 0.25) is 0 Å². The van der Waals surface area contributed by atoms with E-state index in [2.05, 4.69) is 0 Å². The van der Waals surface area contributed by atoms with Crippen molar-refractivity contribution >= 4 is 0 Å². The molecule has 0 spiro atoms. The summed E-state index contributed by atoms with van der Waals surface area (Å²) in [5.41, 5.74) is 0.695. The lowest BCUT2D eigenvalue weighted by molar-refractivity contribution is 0.287. The Morgan fingerprint density at radius 2 is 2.14 bits per heavy atom. The zero-order valence-electron chi connectivity index (χ0n) is 7.96. The van der Waals surface area contributed by atoms with Crippen molar-refractivity contribution in [3.63, 3.8) is 0 Å². The Hall–Kier alpha value is -1.29. The summed E-state index contributed by atoms with van der Waals surface area (Å²) in [6, 6.07) is 2.46. The number of halogens is 1. The fourth-order valence-electron chi connectivity index (χ4n) is 1.24. The number of phenols is 1. The number of phenolic OH excluding ortho intramolecular Hbond substituents is 1. The number of hydrogen-bond donors (Lipinski definition) is 2. The van der Waals surface area contributed by atoms with Crippen LogP contribution in [0.15, 0.2) is 12.1 Å². The lowest BCUT2D eigenvalue weighted by Gasteiger charge is -2.08. The van der Waals surface area contributed by atoms with Gasteiger partial charge >= 0.3 is 0 Å².